The van der Waals surface area contributed by atoms with Crippen molar-refractivity contribution in [1.29, 1.82) is 0 Å². The molecule has 1 saturated heterocycles. The predicted molar refractivity (Wildman–Crippen MR) is 78.0 cm³/mol. The summed E-state index contributed by atoms with van der Waals surface area (Å²) in [7, 11) is 2.93. The van der Waals surface area contributed by atoms with Crippen LogP contribution in [0.2, 0.25) is 0 Å². The van der Waals surface area contributed by atoms with Gasteiger partial charge in [-0.15, -0.1) is 0 Å². The Morgan fingerprint density at radius 3 is 2.20 bits per heavy atom. The van der Waals surface area contributed by atoms with Crippen molar-refractivity contribution >= 4 is 18.5 Å². The highest BCUT2D eigenvalue weighted by Crippen LogP contribution is 2.36. The van der Waals surface area contributed by atoms with Gasteiger partial charge in [-0.1, -0.05) is 0 Å². The number of aromatic nitrogens is 1. The number of carbonyl (C=O) groups is 1. The molecule has 0 bridgehead atoms. The Balaban J connectivity index is 2.28. The van der Waals surface area contributed by atoms with E-state index in [0.29, 0.717) is 5.56 Å². The first-order valence-electron chi connectivity index (χ1n) is 6.66. The molecule has 0 atom stereocenters. The molecular formula is C14H21BN2O3. The maximum absolute atomic E-state index is 12.0. The fourth-order valence-corrected chi connectivity index (χ4v) is 1.94. The molecule has 0 radical (unpaired) electrons. The van der Waals surface area contributed by atoms with Crippen LogP contribution in [0.1, 0.15) is 38.1 Å². The number of carbonyl (C=O) groups excluding carboxylic acids is 1. The SMILES string of the molecule is CN(C)C(=O)c1cncc(B2OC(C)(C)C(C)(C)O2)c1. The summed E-state index contributed by atoms with van der Waals surface area (Å²) < 4.78 is 11.9. The lowest BCUT2D eigenvalue weighted by Gasteiger charge is -2.32. The summed E-state index contributed by atoms with van der Waals surface area (Å²) in [5.74, 6) is -0.0872. The summed E-state index contributed by atoms with van der Waals surface area (Å²) in [6.07, 6.45) is 3.23. The number of rotatable bonds is 2. The van der Waals surface area contributed by atoms with Crippen molar-refractivity contribution < 1.29 is 14.1 Å². The van der Waals surface area contributed by atoms with Gasteiger partial charge in [-0.25, -0.2) is 0 Å². The van der Waals surface area contributed by atoms with Gasteiger partial charge in [-0.3, -0.25) is 9.78 Å². The van der Waals surface area contributed by atoms with Crippen molar-refractivity contribution in [1.82, 2.24) is 9.88 Å². The predicted octanol–water partition coefficient (Wildman–Crippen LogP) is 1.08. The van der Waals surface area contributed by atoms with E-state index in [-0.39, 0.29) is 5.91 Å². The molecule has 0 aliphatic carbocycles. The van der Waals surface area contributed by atoms with E-state index in [0.717, 1.165) is 5.46 Å². The van der Waals surface area contributed by atoms with Crippen molar-refractivity contribution in [3.63, 3.8) is 0 Å². The molecule has 6 heteroatoms. The molecule has 20 heavy (non-hydrogen) atoms. The highest BCUT2D eigenvalue weighted by molar-refractivity contribution is 6.62. The Morgan fingerprint density at radius 1 is 1.15 bits per heavy atom. The van der Waals surface area contributed by atoms with Gasteiger partial charge in [0.2, 0.25) is 0 Å². The molecule has 1 amide bonds. The molecule has 0 unspecified atom stereocenters. The van der Waals surface area contributed by atoms with Crippen molar-refractivity contribution in [3.05, 3.63) is 24.0 Å². The van der Waals surface area contributed by atoms with Crippen molar-refractivity contribution in [2.75, 3.05) is 14.1 Å². The van der Waals surface area contributed by atoms with Crippen molar-refractivity contribution in [2.24, 2.45) is 0 Å². The second-order valence-corrected chi connectivity index (χ2v) is 6.29. The summed E-state index contributed by atoms with van der Waals surface area (Å²) in [5, 5.41) is 0. The highest BCUT2D eigenvalue weighted by Gasteiger charge is 2.51. The van der Waals surface area contributed by atoms with Gasteiger partial charge in [0.25, 0.3) is 5.91 Å². The van der Waals surface area contributed by atoms with Crippen molar-refractivity contribution in [3.8, 4) is 0 Å². The lowest BCUT2D eigenvalue weighted by molar-refractivity contribution is 0.00578. The molecule has 5 nitrogen and oxygen atoms in total. The maximum atomic E-state index is 12.0. The highest BCUT2D eigenvalue weighted by atomic mass is 16.7. The first kappa shape index (κ1) is 15.0. The number of pyridine rings is 1. The van der Waals surface area contributed by atoms with E-state index in [4.69, 9.17) is 9.31 Å². The number of amides is 1. The van der Waals surface area contributed by atoms with Gasteiger partial charge in [0.05, 0.1) is 16.8 Å². The standard InChI is InChI=1S/C14H21BN2O3/c1-13(2)14(3,4)20-15(19-13)11-7-10(8-16-9-11)12(18)17(5)6/h7-9H,1-6H3. The maximum Gasteiger partial charge on any atom is 0.496 e. The zero-order valence-corrected chi connectivity index (χ0v) is 12.9. The number of hydrogen-bond donors (Lipinski definition) is 0. The Morgan fingerprint density at radius 2 is 1.70 bits per heavy atom. The lowest BCUT2D eigenvalue weighted by Crippen LogP contribution is -2.41. The molecule has 0 saturated carbocycles. The van der Waals surface area contributed by atoms with E-state index in [1.54, 1.807) is 32.6 Å². The summed E-state index contributed by atoms with van der Waals surface area (Å²) >= 11 is 0. The van der Waals surface area contributed by atoms with Crippen LogP contribution >= 0.6 is 0 Å². The van der Waals surface area contributed by atoms with Gasteiger partial charge in [0, 0.05) is 32.0 Å². The van der Waals surface area contributed by atoms with Gasteiger partial charge >= 0.3 is 7.12 Å². The first-order valence-corrected chi connectivity index (χ1v) is 6.66. The molecule has 2 heterocycles. The second kappa shape index (κ2) is 4.86. The average Bonchev–Trinajstić information content (AvgIpc) is 2.57. The zero-order chi connectivity index (χ0) is 15.1. The average molecular weight is 276 g/mol. The molecule has 0 aromatic carbocycles. The molecule has 0 N–H and O–H groups in total. The first-order chi connectivity index (χ1) is 9.14. The molecule has 2 rings (SSSR count). The molecular weight excluding hydrogens is 255 g/mol. The van der Waals surface area contributed by atoms with Crippen LogP contribution in [-0.4, -0.2) is 48.2 Å². The second-order valence-electron chi connectivity index (χ2n) is 6.29. The lowest BCUT2D eigenvalue weighted by atomic mass is 9.79. The molecule has 1 aromatic heterocycles. The third-order valence-corrected chi connectivity index (χ3v) is 3.94. The van der Waals surface area contributed by atoms with E-state index in [1.807, 2.05) is 27.7 Å². The molecule has 1 fully saturated rings. The van der Waals surface area contributed by atoms with Gasteiger partial charge in [0.1, 0.15) is 0 Å². The van der Waals surface area contributed by atoms with Crippen LogP contribution in [0, 0.1) is 0 Å². The van der Waals surface area contributed by atoms with Crippen molar-refractivity contribution in [2.45, 2.75) is 38.9 Å². The summed E-state index contributed by atoms with van der Waals surface area (Å²) in [4.78, 5) is 17.6. The Kier molecular flexibility index (Phi) is 3.65. The van der Waals surface area contributed by atoms with E-state index in [1.165, 1.54) is 4.90 Å². The van der Waals surface area contributed by atoms with Crippen LogP contribution in [-0.2, 0) is 9.31 Å². The number of nitrogens with zero attached hydrogens (tertiary/aromatic N) is 2. The quantitative estimate of drug-likeness (QED) is 0.758. The van der Waals surface area contributed by atoms with Gasteiger partial charge in [0.15, 0.2) is 0 Å². The molecule has 1 aromatic rings. The monoisotopic (exact) mass is 276 g/mol. The van der Waals surface area contributed by atoms with Gasteiger partial charge < -0.3 is 14.2 Å². The third-order valence-electron chi connectivity index (χ3n) is 3.94. The van der Waals surface area contributed by atoms with Crippen LogP contribution in [0.15, 0.2) is 18.5 Å². The van der Waals surface area contributed by atoms with Gasteiger partial charge in [-0.05, 0) is 33.8 Å². The minimum absolute atomic E-state index is 0.0872. The van der Waals surface area contributed by atoms with E-state index in [2.05, 4.69) is 4.98 Å². The largest absolute Gasteiger partial charge is 0.496 e. The smallest absolute Gasteiger partial charge is 0.399 e. The van der Waals surface area contributed by atoms with E-state index >= 15 is 0 Å². The van der Waals surface area contributed by atoms with E-state index in [9.17, 15) is 4.79 Å². The Bertz CT molecular complexity index is 513. The third kappa shape index (κ3) is 2.58. The minimum Gasteiger partial charge on any atom is -0.399 e. The van der Waals surface area contributed by atoms with Crippen LogP contribution in [0.25, 0.3) is 0 Å². The van der Waals surface area contributed by atoms with Crippen LogP contribution < -0.4 is 5.46 Å². The summed E-state index contributed by atoms with van der Waals surface area (Å²) in [5.41, 5.74) is 0.483. The Hall–Kier alpha value is -1.40. The van der Waals surface area contributed by atoms with Crippen LogP contribution in [0.3, 0.4) is 0 Å². The van der Waals surface area contributed by atoms with Gasteiger partial charge in [-0.2, -0.15) is 0 Å². The zero-order valence-electron chi connectivity index (χ0n) is 12.9. The molecule has 1 aliphatic heterocycles. The van der Waals surface area contributed by atoms with Crippen LogP contribution in [0.4, 0.5) is 0 Å². The molecule has 0 spiro atoms. The number of hydrogen-bond acceptors (Lipinski definition) is 4. The minimum atomic E-state index is -0.498. The summed E-state index contributed by atoms with van der Waals surface area (Å²) in [6.45, 7) is 7.98. The molecule has 1 aliphatic rings. The fourth-order valence-electron chi connectivity index (χ4n) is 1.94. The Labute approximate surface area is 120 Å². The topological polar surface area (TPSA) is 51.7 Å². The fraction of sp³-hybridized carbons (Fsp3) is 0.571. The normalized spacial score (nSPS) is 20.0. The molecule has 108 valence electrons. The summed E-state index contributed by atoms with van der Waals surface area (Å²) in [6, 6.07) is 1.78. The van der Waals surface area contributed by atoms with E-state index < -0.39 is 18.3 Å². The van der Waals surface area contributed by atoms with Crippen LogP contribution in [0.5, 0.6) is 0 Å².